The molecule has 0 aromatic carbocycles. The molecule has 0 saturated carbocycles. The third kappa shape index (κ3) is 3.19. The van der Waals surface area contributed by atoms with Crippen molar-refractivity contribution in [3.05, 3.63) is 35.5 Å². The van der Waals surface area contributed by atoms with Gasteiger partial charge in [0.05, 0.1) is 6.20 Å². The van der Waals surface area contributed by atoms with Crippen LogP contribution < -0.4 is 10.2 Å². The molecule has 3 rings (SSSR count). The Labute approximate surface area is 133 Å². The van der Waals surface area contributed by atoms with E-state index in [1.807, 2.05) is 0 Å². The van der Waals surface area contributed by atoms with Gasteiger partial charge < -0.3 is 10.2 Å². The number of carbonyl (C=O) groups excluding carboxylic acids is 1. The Bertz CT molecular complexity index is 673. The SMILES string of the molecule is Cn1ccc(C(=O)NC2CCCN(c3ncncc3Cl)C2)n1. The molecule has 2 aromatic rings. The zero-order chi connectivity index (χ0) is 15.5. The van der Waals surface area contributed by atoms with Crippen LogP contribution in [-0.4, -0.2) is 44.8 Å². The maximum Gasteiger partial charge on any atom is 0.272 e. The maximum absolute atomic E-state index is 12.2. The number of halogens is 1. The number of rotatable bonds is 3. The van der Waals surface area contributed by atoms with Crippen LogP contribution in [0.2, 0.25) is 5.02 Å². The van der Waals surface area contributed by atoms with E-state index in [1.54, 1.807) is 30.2 Å². The Morgan fingerprint density at radius 2 is 2.36 bits per heavy atom. The van der Waals surface area contributed by atoms with Crippen LogP contribution in [0.1, 0.15) is 23.3 Å². The first-order chi connectivity index (χ1) is 10.6. The van der Waals surface area contributed by atoms with Crippen LogP contribution in [0, 0.1) is 0 Å². The highest BCUT2D eigenvalue weighted by molar-refractivity contribution is 6.32. The average Bonchev–Trinajstić information content (AvgIpc) is 2.95. The number of hydrogen-bond acceptors (Lipinski definition) is 5. The average molecular weight is 321 g/mol. The summed E-state index contributed by atoms with van der Waals surface area (Å²) in [5.41, 5.74) is 0.430. The highest BCUT2D eigenvalue weighted by Gasteiger charge is 2.24. The van der Waals surface area contributed by atoms with Gasteiger partial charge in [0.15, 0.2) is 5.82 Å². The number of aryl methyl sites for hydroxylation is 1. The summed E-state index contributed by atoms with van der Waals surface area (Å²) in [4.78, 5) is 22.4. The van der Waals surface area contributed by atoms with Gasteiger partial charge in [-0.25, -0.2) is 9.97 Å². The van der Waals surface area contributed by atoms with Gasteiger partial charge in [-0.2, -0.15) is 5.10 Å². The van der Waals surface area contributed by atoms with Crippen LogP contribution in [0.15, 0.2) is 24.8 Å². The third-order valence-electron chi connectivity index (χ3n) is 3.65. The van der Waals surface area contributed by atoms with Crippen molar-refractivity contribution in [1.29, 1.82) is 0 Å². The minimum Gasteiger partial charge on any atom is -0.353 e. The molecule has 1 unspecified atom stereocenters. The second-order valence-corrected chi connectivity index (χ2v) is 5.73. The first-order valence-corrected chi connectivity index (χ1v) is 7.52. The topological polar surface area (TPSA) is 75.9 Å². The van der Waals surface area contributed by atoms with Crippen molar-refractivity contribution in [2.75, 3.05) is 18.0 Å². The summed E-state index contributed by atoms with van der Waals surface area (Å²) in [6.45, 7) is 1.54. The molecule has 0 bridgehead atoms. The Kier molecular flexibility index (Phi) is 4.24. The molecule has 1 N–H and O–H groups in total. The molecular weight excluding hydrogens is 304 g/mol. The number of carbonyl (C=O) groups is 1. The third-order valence-corrected chi connectivity index (χ3v) is 3.92. The van der Waals surface area contributed by atoms with Gasteiger partial charge in [-0.05, 0) is 18.9 Å². The van der Waals surface area contributed by atoms with Crippen LogP contribution in [0.25, 0.3) is 0 Å². The van der Waals surface area contributed by atoms with Gasteiger partial charge in [0.1, 0.15) is 17.0 Å². The van der Waals surface area contributed by atoms with Crippen LogP contribution in [0.4, 0.5) is 5.82 Å². The summed E-state index contributed by atoms with van der Waals surface area (Å²) >= 11 is 6.14. The second-order valence-electron chi connectivity index (χ2n) is 5.33. The minimum absolute atomic E-state index is 0.0503. The van der Waals surface area contributed by atoms with E-state index < -0.39 is 0 Å². The Balaban J connectivity index is 1.66. The molecule has 22 heavy (non-hydrogen) atoms. The predicted molar refractivity (Wildman–Crippen MR) is 83.0 cm³/mol. The Morgan fingerprint density at radius 1 is 1.50 bits per heavy atom. The molecule has 3 heterocycles. The van der Waals surface area contributed by atoms with Crippen molar-refractivity contribution < 1.29 is 4.79 Å². The lowest BCUT2D eigenvalue weighted by molar-refractivity contribution is 0.0927. The number of anilines is 1. The van der Waals surface area contributed by atoms with Gasteiger partial charge in [-0.15, -0.1) is 0 Å². The number of hydrogen-bond donors (Lipinski definition) is 1. The lowest BCUT2D eigenvalue weighted by Gasteiger charge is -2.34. The quantitative estimate of drug-likeness (QED) is 0.921. The van der Waals surface area contributed by atoms with Crippen LogP contribution in [0.5, 0.6) is 0 Å². The van der Waals surface area contributed by atoms with Crippen molar-refractivity contribution in [3.63, 3.8) is 0 Å². The first-order valence-electron chi connectivity index (χ1n) is 7.14. The largest absolute Gasteiger partial charge is 0.353 e. The van der Waals surface area contributed by atoms with Crippen molar-refractivity contribution in [2.24, 2.45) is 7.05 Å². The van der Waals surface area contributed by atoms with Crippen molar-refractivity contribution in [3.8, 4) is 0 Å². The molecule has 2 aromatic heterocycles. The highest BCUT2D eigenvalue weighted by Crippen LogP contribution is 2.24. The molecule has 116 valence electrons. The fraction of sp³-hybridized carbons (Fsp3) is 0.429. The minimum atomic E-state index is -0.152. The number of nitrogens with zero attached hydrogens (tertiary/aromatic N) is 5. The number of aromatic nitrogens is 4. The smallest absolute Gasteiger partial charge is 0.272 e. The molecule has 1 atom stereocenters. The summed E-state index contributed by atoms with van der Waals surface area (Å²) in [5, 5.41) is 7.67. The Morgan fingerprint density at radius 3 is 3.09 bits per heavy atom. The standard InChI is InChI=1S/C14H17ClN6O/c1-20-6-4-12(19-20)14(22)18-10-3-2-5-21(8-10)13-11(15)7-16-9-17-13/h4,6-7,9-10H,2-3,5,8H2,1H3,(H,18,22). The van der Waals surface area contributed by atoms with Crippen molar-refractivity contribution in [1.82, 2.24) is 25.1 Å². The molecule has 1 saturated heterocycles. The summed E-state index contributed by atoms with van der Waals surface area (Å²) in [6, 6.07) is 1.76. The van der Waals surface area contributed by atoms with Gasteiger partial charge in [0.2, 0.25) is 0 Å². The molecule has 7 nitrogen and oxygen atoms in total. The Hall–Kier alpha value is -2.15. The van der Waals surface area contributed by atoms with E-state index in [0.29, 0.717) is 23.1 Å². The lowest BCUT2D eigenvalue weighted by Crippen LogP contribution is -2.48. The number of piperidine rings is 1. The molecule has 1 aliphatic heterocycles. The van der Waals surface area contributed by atoms with E-state index in [4.69, 9.17) is 11.6 Å². The molecule has 8 heteroatoms. The van der Waals surface area contributed by atoms with Gasteiger partial charge in [0, 0.05) is 32.4 Å². The summed E-state index contributed by atoms with van der Waals surface area (Å²) < 4.78 is 1.61. The van der Waals surface area contributed by atoms with E-state index in [2.05, 4.69) is 25.3 Å². The van der Waals surface area contributed by atoms with Crippen LogP contribution >= 0.6 is 11.6 Å². The lowest BCUT2D eigenvalue weighted by atomic mass is 10.1. The van der Waals surface area contributed by atoms with E-state index in [-0.39, 0.29) is 11.9 Å². The number of amides is 1. The van der Waals surface area contributed by atoms with E-state index in [0.717, 1.165) is 19.4 Å². The normalized spacial score (nSPS) is 18.3. The second kappa shape index (κ2) is 6.31. The monoisotopic (exact) mass is 320 g/mol. The molecule has 1 aliphatic rings. The number of nitrogens with one attached hydrogen (secondary N) is 1. The van der Waals surface area contributed by atoms with Crippen molar-refractivity contribution in [2.45, 2.75) is 18.9 Å². The summed E-state index contributed by atoms with van der Waals surface area (Å²) in [6.07, 6.45) is 6.71. The van der Waals surface area contributed by atoms with Gasteiger partial charge >= 0.3 is 0 Å². The highest BCUT2D eigenvalue weighted by atomic mass is 35.5. The molecule has 0 aliphatic carbocycles. The zero-order valence-corrected chi connectivity index (χ0v) is 13.0. The molecule has 1 amide bonds. The van der Waals surface area contributed by atoms with Gasteiger partial charge in [0.25, 0.3) is 5.91 Å². The van der Waals surface area contributed by atoms with Gasteiger partial charge in [-0.1, -0.05) is 11.6 Å². The van der Waals surface area contributed by atoms with Crippen LogP contribution in [-0.2, 0) is 7.05 Å². The first kappa shape index (κ1) is 14.8. The van der Waals surface area contributed by atoms with Gasteiger partial charge in [-0.3, -0.25) is 9.48 Å². The molecule has 0 radical (unpaired) electrons. The van der Waals surface area contributed by atoms with Crippen molar-refractivity contribution >= 4 is 23.3 Å². The van der Waals surface area contributed by atoms with Crippen LogP contribution in [0.3, 0.4) is 0 Å². The van der Waals surface area contributed by atoms with E-state index in [1.165, 1.54) is 6.33 Å². The molecule has 0 spiro atoms. The fourth-order valence-electron chi connectivity index (χ4n) is 2.62. The predicted octanol–water partition coefficient (Wildman–Crippen LogP) is 1.26. The zero-order valence-electron chi connectivity index (χ0n) is 12.2. The van der Waals surface area contributed by atoms with E-state index in [9.17, 15) is 4.79 Å². The molecule has 1 fully saturated rings. The summed E-state index contributed by atoms with van der Waals surface area (Å²) in [7, 11) is 1.79. The summed E-state index contributed by atoms with van der Waals surface area (Å²) in [5.74, 6) is 0.565. The van der Waals surface area contributed by atoms with E-state index >= 15 is 0 Å². The maximum atomic E-state index is 12.2. The fourth-order valence-corrected chi connectivity index (χ4v) is 2.85. The molecular formula is C14H17ClN6O.